The van der Waals surface area contributed by atoms with Crippen LogP contribution in [0.15, 0.2) is 41.7 Å². The van der Waals surface area contributed by atoms with Crippen LogP contribution in [0.3, 0.4) is 0 Å². The summed E-state index contributed by atoms with van der Waals surface area (Å²) in [6.07, 6.45) is 0.813. The number of carbonyl (C=O) groups is 3. The van der Waals surface area contributed by atoms with Gasteiger partial charge in [0.25, 0.3) is 11.8 Å². The molecule has 122 valence electrons. The monoisotopic (exact) mass is 318 g/mol. The van der Waals surface area contributed by atoms with E-state index in [9.17, 15) is 19.5 Å². The summed E-state index contributed by atoms with van der Waals surface area (Å²) < 4.78 is 0. The molecule has 0 radical (unpaired) electrons. The second-order valence-corrected chi connectivity index (χ2v) is 5.18. The van der Waals surface area contributed by atoms with Crippen LogP contribution in [-0.4, -0.2) is 52.5 Å². The standard InChI is InChI=1S/C16H18N2O5/c19-12-7-9-18(8-6-11-4-2-1-3-5-11)16(23)14(12)15(22)17-10-13(20)21/h1-5,19H,6-10H2,(H,17,22)(H,20,21). The molecule has 0 saturated carbocycles. The number of hydrogen-bond acceptors (Lipinski definition) is 4. The van der Waals surface area contributed by atoms with Crippen LogP contribution in [0.4, 0.5) is 0 Å². The zero-order chi connectivity index (χ0) is 16.8. The van der Waals surface area contributed by atoms with Gasteiger partial charge in [-0.25, -0.2) is 0 Å². The van der Waals surface area contributed by atoms with Crippen molar-refractivity contribution in [3.8, 4) is 0 Å². The third-order valence-corrected chi connectivity index (χ3v) is 3.55. The smallest absolute Gasteiger partial charge is 0.322 e. The van der Waals surface area contributed by atoms with Gasteiger partial charge in [-0.3, -0.25) is 14.4 Å². The van der Waals surface area contributed by atoms with Crippen LogP contribution in [0.1, 0.15) is 12.0 Å². The van der Waals surface area contributed by atoms with Gasteiger partial charge in [-0.05, 0) is 12.0 Å². The van der Waals surface area contributed by atoms with Crippen LogP contribution in [0.2, 0.25) is 0 Å². The first-order chi connectivity index (χ1) is 11.0. The third-order valence-electron chi connectivity index (χ3n) is 3.55. The van der Waals surface area contributed by atoms with Crippen molar-refractivity contribution in [3.05, 3.63) is 47.2 Å². The fourth-order valence-corrected chi connectivity index (χ4v) is 2.34. The fourth-order valence-electron chi connectivity index (χ4n) is 2.34. The number of carboxylic acid groups (broad SMARTS) is 1. The lowest BCUT2D eigenvalue weighted by Gasteiger charge is -2.28. The van der Waals surface area contributed by atoms with E-state index in [4.69, 9.17) is 5.11 Å². The van der Waals surface area contributed by atoms with Crippen LogP contribution < -0.4 is 5.32 Å². The van der Waals surface area contributed by atoms with Gasteiger partial charge in [0, 0.05) is 19.5 Å². The number of hydrogen-bond donors (Lipinski definition) is 3. The molecule has 23 heavy (non-hydrogen) atoms. The van der Waals surface area contributed by atoms with Crippen molar-refractivity contribution in [2.24, 2.45) is 0 Å². The molecule has 1 aliphatic rings. The molecule has 2 amide bonds. The lowest BCUT2D eigenvalue weighted by Crippen LogP contribution is -2.44. The minimum Gasteiger partial charge on any atom is -0.511 e. The molecule has 0 fully saturated rings. The number of aliphatic hydroxyl groups excluding tert-OH is 1. The first-order valence-corrected chi connectivity index (χ1v) is 7.24. The van der Waals surface area contributed by atoms with Gasteiger partial charge in [0.05, 0.1) is 0 Å². The van der Waals surface area contributed by atoms with Crippen molar-refractivity contribution in [2.75, 3.05) is 19.6 Å². The number of nitrogens with one attached hydrogen (secondary N) is 1. The van der Waals surface area contributed by atoms with Crippen molar-refractivity contribution >= 4 is 17.8 Å². The van der Waals surface area contributed by atoms with Crippen LogP contribution in [-0.2, 0) is 20.8 Å². The van der Waals surface area contributed by atoms with Crippen molar-refractivity contribution in [3.63, 3.8) is 0 Å². The van der Waals surface area contributed by atoms with E-state index >= 15 is 0 Å². The molecule has 0 atom stereocenters. The van der Waals surface area contributed by atoms with Gasteiger partial charge in [-0.15, -0.1) is 0 Å². The summed E-state index contributed by atoms with van der Waals surface area (Å²) >= 11 is 0. The second-order valence-electron chi connectivity index (χ2n) is 5.18. The second kappa shape index (κ2) is 7.44. The van der Waals surface area contributed by atoms with E-state index in [2.05, 4.69) is 5.32 Å². The number of amides is 2. The van der Waals surface area contributed by atoms with Crippen LogP contribution >= 0.6 is 0 Å². The average Bonchev–Trinajstić information content (AvgIpc) is 2.53. The van der Waals surface area contributed by atoms with E-state index < -0.39 is 24.3 Å². The summed E-state index contributed by atoms with van der Waals surface area (Å²) in [5.41, 5.74) is 0.696. The molecule has 1 aliphatic heterocycles. The molecule has 7 nitrogen and oxygen atoms in total. The molecule has 0 aromatic heterocycles. The molecular weight excluding hydrogens is 300 g/mol. The van der Waals surface area contributed by atoms with E-state index in [0.29, 0.717) is 19.5 Å². The SMILES string of the molecule is O=C(O)CNC(=O)C1=C(O)CCN(CCc2ccccc2)C1=O. The summed E-state index contributed by atoms with van der Waals surface area (Å²) in [7, 11) is 0. The van der Waals surface area contributed by atoms with Crippen LogP contribution in [0.5, 0.6) is 0 Å². The number of aliphatic carboxylic acids is 1. The van der Waals surface area contributed by atoms with Gasteiger partial charge < -0.3 is 20.4 Å². The number of nitrogens with zero attached hydrogens (tertiary/aromatic N) is 1. The highest BCUT2D eigenvalue weighted by Crippen LogP contribution is 2.18. The molecule has 1 aromatic carbocycles. The zero-order valence-electron chi connectivity index (χ0n) is 12.5. The van der Waals surface area contributed by atoms with Crippen molar-refractivity contribution in [2.45, 2.75) is 12.8 Å². The van der Waals surface area contributed by atoms with E-state index in [0.717, 1.165) is 5.56 Å². The van der Waals surface area contributed by atoms with Crippen LogP contribution in [0.25, 0.3) is 0 Å². The first kappa shape index (κ1) is 16.5. The highest BCUT2D eigenvalue weighted by atomic mass is 16.4. The zero-order valence-corrected chi connectivity index (χ0v) is 12.5. The molecule has 0 aliphatic carbocycles. The maximum absolute atomic E-state index is 12.3. The van der Waals surface area contributed by atoms with Crippen molar-refractivity contribution in [1.82, 2.24) is 10.2 Å². The summed E-state index contributed by atoms with van der Waals surface area (Å²) in [4.78, 5) is 36.2. The number of carboxylic acids is 1. The Hall–Kier alpha value is -2.83. The van der Waals surface area contributed by atoms with E-state index in [1.165, 1.54) is 4.90 Å². The highest BCUT2D eigenvalue weighted by molar-refractivity contribution is 6.19. The lowest BCUT2D eigenvalue weighted by atomic mass is 10.0. The van der Waals surface area contributed by atoms with Gasteiger partial charge in [0.15, 0.2) is 0 Å². The van der Waals surface area contributed by atoms with Crippen molar-refractivity contribution < 1.29 is 24.6 Å². The number of rotatable bonds is 6. The molecule has 0 bridgehead atoms. The van der Waals surface area contributed by atoms with Gasteiger partial charge in [0.2, 0.25) is 0 Å². The summed E-state index contributed by atoms with van der Waals surface area (Å²) in [6.45, 7) is 0.145. The summed E-state index contributed by atoms with van der Waals surface area (Å²) in [6, 6.07) is 9.61. The topological polar surface area (TPSA) is 107 Å². The predicted molar refractivity (Wildman–Crippen MR) is 81.6 cm³/mol. The Labute approximate surface area is 133 Å². The Morgan fingerprint density at radius 1 is 1.22 bits per heavy atom. The van der Waals surface area contributed by atoms with Gasteiger partial charge in [-0.1, -0.05) is 30.3 Å². The normalized spacial score (nSPS) is 14.8. The van der Waals surface area contributed by atoms with Gasteiger partial charge in [-0.2, -0.15) is 0 Å². The average molecular weight is 318 g/mol. The molecule has 7 heteroatoms. The minimum atomic E-state index is -1.22. The third kappa shape index (κ3) is 4.32. The highest BCUT2D eigenvalue weighted by Gasteiger charge is 2.31. The number of aliphatic hydroxyl groups is 1. The number of carbonyl (C=O) groups excluding carboxylic acids is 2. The predicted octanol–water partition coefficient (Wildman–Crippen LogP) is 0.474. The number of benzene rings is 1. The maximum Gasteiger partial charge on any atom is 0.322 e. The molecule has 0 spiro atoms. The molecular formula is C16H18N2O5. The Bertz CT molecular complexity index is 639. The maximum atomic E-state index is 12.3. The molecule has 3 N–H and O–H groups in total. The van der Waals surface area contributed by atoms with Crippen molar-refractivity contribution in [1.29, 1.82) is 0 Å². The summed E-state index contributed by atoms with van der Waals surface area (Å²) in [5, 5.41) is 20.5. The molecule has 1 heterocycles. The van der Waals surface area contributed by atoms with Gasteiger partial charge in [0.1, 0.15) is 17.9 Å². The van der Waals surface area contributed by atoms with Crippen LogP contribution in [0, 0.1) is 0 Å². The fraction of sp³-hybridized carbons (Fsp3) is 0.312. The molecule has 0 unspecified atom stereocenters. The van der Waals surface area contributed by atoms with E-state index in [1.54, 1.807) is 0 Å². The molecule has 0 saturated heterocycles. The molecule has 1 aromatic rings. The Morgan fingerprint density at radius 2 is 1.91 bits per heavy atom. The quantitative estimate of drug-likeness (QED) is 0.661. The largest absolute Gasteiger partial charge is 0.511 e. The Morgan fingerprint density at radius 3 is 2.57 bits per heavy atom. The summed E-state index contributed by atoms with van der Waals surface area (Å²) in [5.74, 6) is -2.96. The Balaban J connectivity index is 2.01. The Kier molecular flexibility index (Phi) is 5.35. The first-order valence-electron chi connectivity index (χ1n) is 7.24. The lowest BCUT2D eigenvalue weighted by molar-refractivity contribution is -0.138. The van der Waals surface area contributed by atoms with E-state index in [1.807, 2.05) is 30.3 Å². The molecule has 2 rings (SSSR count). The minimum absolute atomic E-state index is 0.177. The van der Waals surface area contributed by atoms with E-state index in [-0.39, 0.29) is 17.8 Å². The van der Waals surface area contributed by atoms with Gasteiger partial charge >= 0.3 is 5.97 Å².